The van der Waals surface area contributed by atoms with Crippen molar-refractivity contribution in [3.05, 3.63) is 0 Å². The van der Waals surface area contributed by atoms with Crippen LogP contribution in [-0.2, 0) is 4.84 Å². The minimum absolute atomic E-state index is 0.153. The molecule has 0 amide bonds. The van der Waals surface area contributed by atoms with E-state index in [2.05, 4.69) is 5.16 Å². The Morgan fingerprint density at radius 3 is 2.21 bits per heavy atom. The Morgan fingerprint density at radius 1 is 1.21 bits per heavy atom. The minimum atomic E-state index is -4.39. The molecule has 4 nitrogen and oxygen atoms in total. The molecule has 0 radical (unpaired) electrons. The van der Waals surface area contributed by atoms with Gasteiger partial charge in [0.2, 0.25) is 0 Å². The predicted molar refractivity (Wildman–Crippen MR) is 62.9 cm³/mol. The Bertz CT molecular complexity index is 376. The van der Waals surface area contributed by atoms with Crippen LogP contribution in [0.2, 0.25) is 0 Å². The molecule has 0 aliphatic heterocycles. The van der Waals surface area contributed by atoms with Crippen LogP contribution in [0.4, 0.5) is 13.2 Å². The number of alkyl halides is 3. The second kappa shape index (κ2) is 7.63. The second-order valence-electron chi connectivity index (χ2n) is 4.26. The van der Waals surface area contributed by atoms with Crippen molar-refractivity contribution >= 4 is 5.71 Å². The number of nitriles is 2. The van der Waals surface area contributed by atoms with Gasteiger partial charge >= 0.3 is 6.18 Å². The number of hydrogen-bond donors (Lipinski definition) is 0. The van der Waals surface area contributed by atoms with E-state index in [9.17, 15) is 13.2 Å². The van der Waals surface area contributed by atoms with E-state index in [0.717, 1.165) is 6.42 Å². The molecule has 0 atom stereocenters. The van der Waals surface area contributed by atoms with Crippen molar-refractivity contribution in [3.8, 4) is 12.1 Å². The highest BCUT2D eigenvalue weighted by Crippen LogP contribution is 2.33. The van der Waals surface area contributed by atoms with Crippen molar-refractivity contribution in [3.63, 3.8) is 0 Å². The first kappa shape index (κ1) is 17.2. The summed E-state index contributed by atoms with van der Waals surface area (Å²) < 4.78 is 36.5. The van der Waals surface area contributed by atoms with Gasteiger partial charge in [-0.2, -0.15) is 23.7 Å². The van der Waals surface area contributed by atoms with Gasteiger partial charge in [0.15, 0.2) is 0 Å². The highest BCUT2D eigenvalue weighted by molar-refractivity contribution is 5.82. The molecule has 0 spiro atoms. The zero-order valence-electron chi connectivity index (χ0n) is 10.9. The molecule has 19 heavy (non-hydrogen) atoms. The maximum absolute atomic E-state index is 12.2. The molecular weight excluding hydrogens is 259 g/mol. The van der Waals surface area contributed by atoms with Crippen molar-refractivity contribution in [1.29, 1.82) is 10.5 Å². The van der Waals surface area contributed by atoms with E-state index in [-0.39, 0.29) is 6.42 Å². The first-order valence-electron chi connectivity index (χ1n) is 5.83. The molecule has 0 bridgehead atoms. The van der Waals surface area contributed by atoms with Crippen LogP contribution in [0.15, 0.2) is 5.16 Å². The zero-order chi connectivity index (χ0) is 14.9. The van der Waals surface area contributed by atoms with E-state index in [0.29, 0.717) is 12.3 Å². The summed E-state index contributed by atoms with van der Waals surface area (Å²) in [4.78, 5) is 4.87. The Balaban J connectivity index is 4.69. The monoisotopic (exact) mass is 275 g/mol. The van der Waals surface area contributed by atoms with Crippen molar-refractivity contribution in [2.75, 3.05) is 6.61 Å². The third-order valence-corrected chi connectivity index (χ3v) is 2.34. The highest BCUT2D eigenvalue weighted by Gasteiger charge is 2.37. The smallest absolute Gasteiger partial charge is 0.389 e. The SMILES string of the molecule is CCCON=C(C)CC(C#N)(C#N)CCC(F)(F)F. The van der Waals surface area contributed by atoms with Gasteiger partial charge in [-0.1, -0.05) is 12.1 Å². The van der Waals surface area contributed by atoms with Crippen LogP contribution in [0.1, 0.15) is 39.5 Å². The average molecular weight is 275 g/mol. The standard InChI is InChI=1S/C12H16F3N3O/c1-3-6-19-18-10(2)7-11(8-16,9-17)4-5-12(13,14)15/h3-7H2,1-2H3. The molecule has 106 valence electrons. The van der Waals surface area contributed by atoms with Crippen molar-refractivity contribution < 1.29 is 18.0 Å². The fourth-order valence-corrected chi connectivity index (χ4v) is 1.38. The summed E-state index contributed by atoms with van der Waals surface area (Å²) in [6.45, 7) is 3.78. The maximum atomic E-state index is 12.2. The van der Waals surface area contributed by atoms with Gasteiger partial charge in [0.05, 0.1) is 17.9 Å². The molecule has 0 unspecified atom stereocenters. The minimum Gasteiger partial charge on any atom is -0.396 e. The fourth-order valence-electron chi connectivity index (χ4n) is 1.38. The molecule has 0 heterocycles. The summed E-state index contributed by atoms with van der Waals surface area (Å²) >= 11 is 0. The van der Waals surface area contributed by atoms with Gasteiger partial charge in [0.25, 0.3) is 0 Å². The van der Waals surface area contributed by atoms with E-state index >= 15 is 0 Å². The molecule has 0 saturated heterocycles. The summed E-state index contributed by atoms with van der Waals surface area (Å²) in [5, 5.41) is 21.6. The first-order chi connectivity index (χ1) is 8.78. The molecule has 0 aromatic rings. The van der Waals surface area contributed by atoms with Crippen LogP contribution in [-0.4, -0.2) is 18.5 Å². The van der Waals surface area contributed by atoms with Gasteiger partial charge < -0.3 is 4.84 Å². The lowest BCUT2D eigenvalue weighted by Gasteiger charge is -2.18. The Hall–Kier alpha value is -1.76. The van der Waals surface area contributed by atoms with E-state index in [1.54, 1.807) is 12.1 Å². The molecule has 0 aliphatic rings. The van der Waals surface area contributed by atoms with Crippen LogP contribution < -0.4 is 0 Å². The van der Waals surface area contributed by atoms with Crippen LogP contribution in [0.5, 0.6) is 0 Å². The molecule has 0 aromatic heterocycles. The van der Waals surface area contributed by atoms with Gasteiger partial charge in [0, 0.05) is 12.8 Å². The van der Waals surface area contributed by atoms with Crippen LogP contribution in [0, 0.1) is 28.1 Å². The Kier molecular flexibility index (Phi) is 6.92. The topological polar surface area (TPSA) is 69.2 Å². The zero-order valence-corrected chi connectivity index (χ0v) is 10.9. The fraction of sp³-hybridized carbons (Fsp3) is 0.750. The van der Waals surface area contributed by atoms with Gasteiger partial charge in [-0.3, -0.25) is 0 Å². The van der Waals surface area contributed by atoms with Gasteiger partial charge in [0.1, 0.15) is 12.0 Å². The summed E-state index contributed by atoms with van der Waals surface area (Å²) in [5.41, 5.74) is -1.38. The molecule has 0 saturated carbocycles. The number of hydrogen-bond acceptors (Lipinski definition) is 4. The average Bonchev–Trinajstić information content (AvgIpc) is 2.34. The third-order valence-electron chi connectivity index (χ3n) is 2.34. The predicted octanol–water partition coefficient (Wildman–Crippen LogP) is 3.56. The van der Waals surface area contributed by atoms with E-state index in [1.165, 1.54) is 6.92 Å². The summed E-state index contributed by atoms with van der Waals surface area (Å²) in [5.74, 6) is 0. The van der Waals surface area contributed by atoms with E-state index in [4.69, 9.17) is 15.4 Å². The molecule has 0 fully saturated rings. The Morgan fingerprint density at radius 2 is 1.79 bits per heavy atom. The largest absolute Gasteiger partial charge is 0.396 e. The van der Waals surface area contributed by atoms with Crippen molar-refractivity contribution in [2.24, 2.45) is 10.6 Å². The first-order valence-corrected chi connectivity index (χ1v) is 5.83. The van der Waals surface area contributed by atoms with Gasteiger partial charge in [-0.15, -0.1) is 0 Å². The number of halogens is 3. The lowest BCUT2D eigenvalue weighted by atomic mass is 9.81. The summed E-state index contributed by atoms with van der Waals surface area (Å²) in [7, 11) is 0. The number of nitrogens with zero attached hydrogens (tertiary/aromatic N) is 3. The molecule has 0 N–H and O–H groups in total. The van der Waals surface area contributed by atoms with Gasteiger partial charge in [-0.25, -0.2) is 0 Å². The second-order valence-corrected chi connectivity index (χ2v) is 4.26. The third kappa shape index (κ3) is 7.30. The quantitative estimate of drug-likeness (QED) is 0.405. The number of oxime groups is 1. The lowest BCUT2D eigenvalue weighted by Crippen LogP contribution is -2.23. The van der Waals surface area contributed by atoms with Crippen LogP contribution in [0.25, 0.3) is 0 Å². The van der Waals surface area contributed by atoms with E-state index in [1.807, 2.05) is 6.92 Å². The normalized spacial score (nSPS) is 12.7. The van der Waals surface area contributed by atoms with Crippen LogP contribution >= 0.6 is 0 Å². The van der Waals surface area contributed by atoms with Crippen LogP contribution in [0.3, 0.4) is 0 Å². The van der Waals surface area contributed by atoms with E-state index < -0.39 is 24.4 Å². The maximum Gasteiger partial charge on any atom is 0.389 e. The molecule has 7 heteroatoms. The Labute approximate surface area is 110 Å². The summed E-state index contributed by atoms with van der Waals surface area (Å²) in [6, 6.07) is 3.32. The molecule has 0 aromatic carbocycles. The molecular formula is C12H16F3N3O. The lowest BCUT2D eigenvalue weighted by molar-refractivity contribution is -0.138. The number of rotatable bonds is 7. The molecule has 0 rings (SSSR count). The summed E-state index contributed by atoms with van der Waals surface area (Å²) in [6.07, 6.45) is -5.53. The van der Waals surface area contributed by atoms with Crippen molar-refractivity contribution in [2.45, 2.75) is 45.7 Å². The van der Waals surface area contributed by atoms with Crippen molar-refractivity contribution in [1.82, 2.24) is 0 Å². The highest BCUT2D eigenvalue weighted by atomic mass is 19.4. The van der Waals surface area contributed by atoms with Gasteiger partial charge in [-0.05, 0) is 19.8 Å². The molecule has 0 aliphatic carbocycles.